The Morgan fingerprint density at radius 3 is 3.07 bits per heavy atom. The van der Waals surface area contributed by atoms with Gasteiger partial charge in [0.1, 0.15) is 5.01 Å². The fourth-order valence-electron chi connectivity index (χ4n) is 1.27. The SMILES string of the molecule is N#CCc1cccc(-c2nccs2)c1. The molecule has 0 bridgehead atoms. The van der Waals surface area contributed by atoms with Crippen molar-refractivity contribution in [3.05, 3.63) is 41.4 Å². The third kappa shape index (κ3) is 1.81. The summed E-state index contributed by atoms with van der Waals surface area (Å²) < 4.78 is 0. The lowest BCUT2D eigenvalue weighted by atomic mass is 10.1. The van der Waals surface area contributed by atoms with Gasteiger partial charge >= 0.3 is 0 Å². The quantitative estimate of drug-likeness (QED) is 0.747. The molecule has 1 heterocycles. The van der Waals surface area contributed by atoms with Crippen LogP contribution < -0.4 is 0 Å². The van der Waals surface area contributed by atoms with Gasteiger partial charge in [-0.05, 0) is 11.6 Å². The molecule has 2 aromatic rings. The number of aromatic nitrogens is 1. The molecule has 0 saturated carbocycles. The molecular formula is C11H8N2S. The molecule has 0 unspecified atom stereocenters. The number of hydrogen-bond donors (Lipinski definition) is 0. The Bertz CT molecular complexity index is 454. The third-order valence-electron chi connectivity index (χ3n) is 1.89. The fourth-order valence-corrected chi connectivity index (χ4v) is 1.91. The van der Waals surface area contributed by atoms with Crippen molar-refractivity contribution in [3.63, 3.8) is 0 Å². The van der Waals surface area contributed by atoms with Crippen molar-refractivity contribution in [2.45, 2.75) is 6.42 Å². The Kier molecular flexibility index (Phi) is 2.57. The number of nitriles is 1. The molecule has 0 aliphatic carbocycles. The van der Waals surface area contributed by atoms with E-state index in [9.17, 15) is 0 Å². The van der Waals surface area contributed by atoms with Crippen LogP contribution >= 0.6 is 11.3 Å². The van der Waals surface area contributed by atoms with Gasteiger partial charge in [-0.3, -0.25) is 0 Å². The van der Waals surface area contributed by atoms with Crippen molar-refractivity contribution in [2.75, 3.05) is 0 Å². The summed E-state index contributed by atoms with van der Waals surface area (Å²) in [6, 6.07) is 10.1. The summed E-state index contributed by atoms with van der Waals surface area (Å²) in [5.41, 5.74) is 2.13. The van der Waals surface area contributed by atoms with Crippen molar-refractivity contribution in [1.29, 1.82) is 5.26 Å². The van der Waals surface area contributed by atoms with Gasteiger partial charge in [-0.15, -0.1) is 11.3 Å². The zero-order valence-corrected chi connectivity index (χ0v) is 8.29. The van der Waals surface area contributed by atoms with Crippen molar-refractivity contribution in [1.82, 2.24) is 4.98 Å². The molecule has 0 spiro atoms. The minimum atomic E-state index is 0.458. The molecule has 0 aliphatic rings. The number of rotatable bonds is 2. The third-order valence-corrected chi connectivity index (χ3v) is 2.71. The molecule has 0 radical (unpaired) electrons. The standard InChI is InChI=1S/C11H8N2S/c12-5-4-9-2-1-3-10(8-9)11-13-6-7-14-11/h1-3,6-8H,4H2. The van der Waals surface area contributed by atoms with Crippen LogP contribution in [0.25, 0.3) is 10.6 Å². The molecule has 0 saturated heterocycles. The Balaban J connectivity index is 2.37. The van der Waals surface area contributed by atoms with E-state index in [-0.39, 0.29) is 0 Å². The summed E-state index contributed by atoms with van der Waals surface area (Å²) in [7, 11) is 0. The summed E-state index contributed by atoms with van der Waals surface area (Å²) in [6.45, 7) is 0. The van der Waals surface area contributed by atoms with Crippen molar-refractivity contribution >= 4 is 11.3 Å². The lowest BCUT2D eigenvalue weighted by molar-refractivity contribution is 1.26. The lowest BCUT2D eigenvalue weighted by Crippen LogP contribution is -1.82. The molecule has 2 rings (SSSR count). The largest absolute Gasteiger partial charge is 0.245 e. The second-order valence-electron chi connectivity index (χ2n) is 2.87. The van der Waals surface area contributed by atoms with E-state index in [1.807, 2.05) is 29.6 Å². The van der Waals surface area contributed by atoms with Crippen LogP contribution in [-0.2, 0) is 6.42 Å². The molecule has 1 aromatic carbocycles. The second kappa shape index (κ2) is 4.03. The van der Waals surface area contributed by atoms with E-state index in [0.717, 1.165) is 16.1 Å². The molecule has 0 N–H and O–H groups in total. The molecular weight excluding hydrogens is 192 g/mol. The fraction of sp³-hybridized carbons (Fsp3) is 0.0909. The van der Waals surface area contributed by atoms with E-state index in [1.165, 1.54) is 0 Å². The Morgan fingerprint density at radius 1 is 1.43 bits per heavy atom. The molecule has 0 fully saturated rings. The minimum Gasteiger partial charge on any atom is -0.245 e. The van der Waals surface area contributed by atoms with Crippen molar-refractivity contribution in [2.24, 2.45) is 0 Å². The van der Waals surface area contributed by atoms with Gasteiger partial charge in [0, 0.05) is 17.1 Å². The smallest absolute Gasteiger partial charge is 0.123 e. The van der Waals surface area contributed by atoms with Crippen LogP contribution in [0.2, 0.25) is 0 Å². The monoisotopic (exact) mass is 200 g/mol. The maximum atomic E-state index is 8.58. The zero-order chi connectivity index (χ0) is 9.80. The van der Waals surface area contributed by atoms with E-state index in [4.69, 9.17) is 5.26 Å². The highest BCUT2D eigenvalue weighted by molar-refractivity contribution is 7.13. The normalized spacial score (nSPS) is 9.64. The van der Waals surface area contributed by atoms with Crippen molar-refractivity contribution < 1.29 is 0 Å². The van der Waals surface area contributed by atoms with Crippen molar-refractivity contribution in [3.8, 4) is 16.6 Å². The van der Waals surface area contributed by atoms with E-state index in [1.54, 1.807) is 17.5 Å². The summed E-state index contributed by atoms with van der Waals surface area (Å²) >= 11 is 1.61. The zero-order valence-electron chi connectivity index (χ0n) is 7.47. The van der Waals surface area contributed by atoms with Crippen LogP contribution in [-0.4, -0.2) is 4.98 Å². The van der Waals surface area contributed by atoms with E-state index < -0.39 is 0 Å². The maximum Gasteiger partial charge on any atom is 0.123 e. The van der Waals surface area contributed by atoms with E-state index in [2.05, 4.69) is 11.1 Å². The number of nitrogens with zero attached hydrogens (tertiary/aromatic N) is 2. The summed E-state index contributed by atoms with van der Waals surface area (Å²) in [4.78, 5) is 4.22. The van der Waals surface area contributed by atoms with Crippen LogP contribution in [0.15, 0.2) is 35.8 Å². The molecule has 68 valence electrons. The van der Waals surface area contributed by atoms with Crippen LogP contribution in [0, 0.1) is 11.3 Å². The van der Waals surface area contributed by atoms with E-state index in [0.29, 0.717) is 6.42 Å². The number of hydrogen-bond acceptors (Lipinski definition) is 3. The van der Waals surface area contributed by atoms with Gasteiger partial charge in [-0.25, -0.2) is 4.98 Å². The first kappa shape index (κ1) is 8.92. The van der Waals surface area contributed by atoms with Gasteiger partial charge in [0.2, 0.25) is 0 Å². The predicted molar refractivity (Wildman–Crippen MR) is 56.9 cm³/mol. The van der Waals surface area contributed by atoms with Crippen LogP contribution in [0.4, 0.5) is 0 Å². The second-order valence-corrected chi connectivity index (χ2v) is 3.77. The highest BCUT2D eigenvalue weighted by Crippen LogP contribution is 2.22. The predicted octanol–water partition coefficient (Wildman–Crippen LogP) is 2.88. The van der Waals surface area contributed by atoms with Crippen LogP contribution in [0.1, 0.15) is 5.56 Å². The Labute approximate surface area is 86.5 Å². The molecule has 0 aliphatic heterocycles. The molecule has 0 atom stereocenters. The summed E-state index contributed by atoms with van der Waals surface area (Å²) in [5.74, 6) is 0. The van der Waals surface area contributed by atoms with Gasteiger partial charge in [0.25, 0.3) is 0 Å². The molecule has 3 heteroatoms. The minimum absolute atomic E-state index is 0.458. The number of benzene rings is 1. The van der Waals surface area contributed by atoms with Gasteiger partial charge in [-0.1, -0.05) is 18.2 Å². The highest BCUT2D eigenvalue weighted by Gasteiger charge is 2.00. The lowest BCUT2D eigenvalue weighted by Gasteiger charge is -1.98. The van der Waals surface area contributed by atoms with Crippen LogP contribution in [0.5, 0.6) is 0 Å². The first-order valence-corrected chi connectivity index (χ1v) is 5.14. The summed E-state index contributed by atoms with van der Waals surface area (Å²) in [6.07, 6.45) is 2.25. The number of thiazole rings is 1. The van der Waals surface area contributed by atoms with E-state index >= 15 is 0 Å². The van der Waals surface area contributed by atoms with Gasteiger partial charge < -0.3 is 0 Å². The molecule has 0 amide bonds. The highest BCUT2D eigenvalue weighted by atomic mass is 32.1. The van der Waals surface area contributed by atoms with Crippen LogP contribution in [0.3, 0.4) is 0 Å². The Hall–Kier alpha value is -1.66. The summed E-state index contributed by atoms with van der Waals surface area (Å²) in [5, 5.41) is 11.5. The first-order chi connectivity index (χ1) is 6.90. The average molecular weight is 200 g/mol. The molecule has 2 nitrogen and oxygen atoms in total. The molecule has 14 heavy (non-hydrogen) atoms. The topological polar surface area (TPSA) is 36.7 Å². The van der Waals surface area contributed by atoms with Gasteiger partial charge in [-0.2, -0.15) is 5.26 Å². The maximum absolute atomic E-state index is 8.58. The first-order valence-electron chi connectivity index (χ1n) is 4.26. The Morgan fingerprint density at radius 2 is 2.36 bits per heavy atom. The van der Waals surface area contributed by atoms with Gasteiger partial charge in [0.15, 0.2) is 0 Å². The molecule has 1 aromatic heterocycles. The van der Waals surface area contributed by atoms with Gasteiger partial charge in [0.05, 0.1) is 12.5 Å². The average Bonchev–Trinajstić information content (AvgIpc) is 2.71.